The number of H-pyrrole nitrogens is 1. The highest BCUT2D eigenvalue weighted by atomic mass is 79.9. The molecule has 0 aliphatic heterocycles. The van der Waals surface area contributed by atoms with E-state index in [0.717, 1.165) is 32.2 Å². The predicted octanol–water partition coefficient (Wildman–Crippen LogP) is 5.30. The average Bonchev–Trinajstić information content (AvgIpc) is 2.83. The van der Waals surface area contributed by atoms with E-state index in [-0.39, 0.29) is 5.78 Å². The van der Waals surface area contributed by atoms with Crippen molar-refractivity contribution in [2.75, 3.05) is 0 Å². The van der Waals surface area contributed by atoms with Crippen molar-refractivity contribution in [1.82, 2.24) is 4.98 Å². The van der Waals surface area contributed by atoms with Crippen LogP contribution in [0.25, 0.3) is 23.1 Å². The summed E-state index contributed by atoms with van der Waals surface area (Å²) in [6.45, 7) is 1.60. The lowest BCUT2D eigenvalue weighted by Gasteiger charge is -1.96. The lowest BCUT2D eigenvalue weighted by atomic mass is 10.1. The molecule has 2 nitrogen and oxygen atoms in total. The largest absolute Gasteiger partial charge is 0.354 e. The Morgan fingerprint density at radius 3 is 2.57 bits per heavy atom. The normalized spacial score (nSPS) is 11.3. The molecule has 1 aromatic heterocycles. The zero-order chi connectivity index (χ0) is 14.8. The number of ketones is 1. The summed E-state index contributed by atoms with van der Waals surface area (Å²) < 4.78 is 0.991. The van der Waals surface area contributed by atoms with Gasteiger partial charge < -0.3 is 4.98 Å². The summed E-state index contributed by atoms with van der Waals surface area (Å²) >= 11 is 3.46. The number of hydrogen-bond acceptors (Lipinski definition) is 1. The molecule has 0 spiro atoms. The molecule has 0 amide bonds. The molecular formula is C18H14BrNO. The average molecular weight is 340 g/mol. The molecule has 0 radical (unpaired) electrons. The van der Waals surface area contributed by atoms with Crippen LogP contribution in [-0.4, -0.2) is 10.8 Å². The minimum atomic E-state index is 0.0660. The summed E-state index contributed by atoms with van der Waals surface area (Å²) in [5.41, 5.74) is 3.65. The van der Waals surface area contributed by atoms with Crippen molar-refractivity contribution in [1.29, 1.82) is 0 Å². The molecule has 1 heterocycles. The van der Waals surface area contributed by atoms with Crippen molar-refractivity contribution in [3.05, 3.63) is 69.8 Å². The molecule has 0 aliphatic rings. The third kappa shape index (κ3) is 2.83. The Hall–Kier alpha value is -2.13. The van der Waals surface area contributed by atoms with Crippen LogP contribution in [-0.2, 0) is 0 Å². The van der Waals surface area contributed by atoms with E-state index in [4.69, 9.17) is 0 Å². The summed E-state index contributed by atoms with van der Waals surface area (Å²) in [5.74, 6) is 0.0660. The first kappa shape index (κ1) is 13.8. The number of nitrogens with one attached hydrogen (secondary N) is 1. The second kappa shape index (κ2) is 5.70. The number of aromatic amines is 1. The van der Waals surface area contributed by atoms with Crippen LogP contribution in [0.1, 0.15) is 28.5 Å². The highest BCUT2D eigenvalue weighted by Crippen LogP contribution is 2.27. The maximum atomic E-state index is 12.0. The minimum absolute atomic E-state index is 0.0660. The second-order valence-corrected chi connectivity index (χ2v) is 5.82. The van der Waals surface area contributed by atoms with E-state index >= 15 is 0 Å². The third-order valence-corrected chi connectivity index (χ3v) is 3.88. The smallest absolute Gasteiger partial charge is 0.162 e. The number of benzene rings is 2. The molecule has 0 unspecified atom stereocenters. The SMILES string of the molecule is CC(=O)c1c(C=Cc2ccccc2)[nH]c2cc(Br)ccc12. The molecule has 21 heavy (non-hydrogen) atoms. The van der Waals surface area contributed by atoms with Gasteiger partial charge >= 0.3 is 0 Å². The Labute approximate surface area is 131 Å². The van der Waals surface area contributed by atoms with Gasteiger partial charge in [0.2, 0.25) is 0 Å². The van der Waals surface area contributed by atoms with Crippen molar-refractivity contribution < 1.29 is 4.79 Å². The van der Waals surface area contributed by atoms with E-state index in [1.807, 2.05) is 60.7 Å². The van der Waals surface area contributed by atoms with E-state index in [2.05, 4.69) is 20.9 Å². The lowest BCUT2D eigenvalue weighted by Crippen LogP contribution is -1.93. The Balaban J connectivity index is 2.11. The van der Waals surface area contributed by atoms with Gasteiger partial charge in [0.25, 0.3) is 0 Å². The molecule has 3 heteroatoms. The molecule has 2 aromatic carbocycles. The molecule has 0 aliphatic carbocycles. The minimum Gasteiger partial charge on any atom is -0.354 e. The summed E-state index contributed by atoms with van der Waals surface area (Å²) in [4.78, 5) is 15.3. The van der Waals surface area contributed by atoms with Crippen molar-refractivity contribution in [3.8, 4) is 0 Å². The van der Waals surface area contributed by atoms with Gasteiger partial charge in [0.1, 0.15) is 0 Å². The number of hydrogen-bond donors (Lipinski definition) is 1. The monoisotopic (exact) mass is 339 g/mol. The van der Waals surface area contributed by atoms with Crippen LogP contribution < -0.4 is 0 Å². The van der Waals surface area contributed by atoms with Crippen LogP contribution in [0.2, 0.25) is 0 Å². The predicted molar refractivity (Wildman–Crippen MR) is 91.4 cm³/mol. The van der Waals surface area contributed by atoms with Gasteiger partial charge in [-0.15, -0.1) is 0 Å². The topological polar surface area (TPSA) is 32.9 Å². The zero-order valence-corrected chi connectivity index (χ0v) is 13.1. The number of aromatic nitrogens is 1. The molecule has 3 aromatic rings. The fourth-order valence-corrected chi connectivity index (χ4v) is 2.80. The fraction of sp³-hybridized carbons (Fsp3) is 0.0556. The Morgan fingerprint density at radius 2 is 1.86 bits per heavy atom. The number of rotatable bonds is 3. The molecule has 0 atom stereocenters. The zero-order valence-electron chi connectivity index (χ0n) is 11.6. The van der Waals surface area contributed by atoms with Gasteiger partial charge in [0, 0.05) is 15.4 Å². The van der Waals surface area contributed by atoms with Crippen molar-refractivity contribution in [2.24, 2.45) is 0 Å². The first-order valence-corrected chi connectivity index (χ1v) is 7.50. The highest BCUT2D eigenvalue weighted by Gasteiger charge is 2.13. The molecule has 0 saturated heterocycles. The molecule has 0 bridgehead atoms. The van der Waals surface area contributed by atoms with Gasteiger partial charge in [-0.2, -0.15) is 0 Å². The van der Waals surface area contributed by atoms with E-state index < -0.39 is 0 Å². The number of Topliss-reactive ketones (excluding diaryl/α,β-unsaturated/α-hetero) is 1. The molecule has 0 fully saturated rings. The fourth-order valence-electron chi connectivity index (χ4n) is 2.44. The summed E-state index contributed by atoms with van der Waals surface area (Å²) in [5, 5.41) is 0.957. The van der Waals surface area contributed by atoms with Crippen molar-refractivity contribution in [2.45, 2.75) is 6.92 Å². The van der Waals surface area contributed by atoms with Crippen LogP contribution in [0.5, 0.6) is 0 Å². The van der Waals surface area contributed by atoms with Crippen LogP contribution in [0, 0.1) is 0 Å². The molecule has 1 N–H and O–H groups in total. The standard InChI is InChI=1S/C18H14BrNO/c1-12(21)18-15-9-8-14(19)11-17(15)20-16(18)10-7-13-5-3-2-4-6-13/h2-11,20H,1H3. The molecular weight excluding hydrogens is 326 g/mol. The van der Waals surface area contributed by atoms with E-state index in [1.165, 1.54) is 0 Å². The maximum absolute atomic E-state index is 12.0. The maximum Gasteiger partial charge on any atom is 0.162 e. The van der Waals surface area contributed by atoms with Gasteiger partial charge in [0.05, 0.1) is 11.3 Å². The number of carbonyl (C=O) groups is 1. The van der Waals surface area contributed by atoms with Crippen molar-refractivity contribution >= 4 is 44.8 Å². The Kier molecular flexibility index (Phi) is 3.76. The molecule has 104 valence electrons. The van der Waals surface area contributed by atoms with Crippen molar-refractivity contribution in [3.63, 3.8) is 0 Å². The first-order valence-electron chi connectivity index (χ1n) is 6.70. The van der Waals surface area contributed by atoms with Gasteiger partial charge in [-0.1, -0.05) is 58.4 Å². The van der Waals surface area contributed by atoms with E-state index in [0.29, 0.717) is 0 Å². The number of halogens is 1. The Bertz CT molecular complexity index is 831. The van der Waals surface area contributed by atoms with E-state index in [1.54, 1.807) is 6.92 Å². The number of carbonyl (C=O) groups excluding carboxylic acids is 1. The quantitative estimate of drug-likeness (QED) is 0.645. The van der Waals surface area contributed by atoms with Gasteiger partial charge in [-0.25, -0.2) is 0 Å². The Morgan fingerprint density at radius 1 is 1.10 bits per heavy atom. The van der Waals surface area contributed by atoms with Gasteiger partial charge in [-0.3, -0.25) is 4.79 Å². The second-order valence-electron chi connectivity index (χ2n) is 4.90. The van der Waals surface area contributed by atoms with Crippen LogP contribution in [0.15, 0.2) is 53.0 Å². The highest BCUT2D eigenvalue weighted by molar-refractivity contribution is 9.10. The summed E-state index contributed by atoms with van der Waals surface area (Å²) in [6, 6.07) is 15.9. The van der Waals surface area contributed by atoms with E-state index in [9.17, 15) is 4.79 Å². The van der Waals surface area contributed by atoms with Gasteiger partial charge in [-0.05, 0) is 30.7 Å². The molecule has 3 rings (SSSR count). The first-order chi connectivity index (χ1) is 10.1. The third-order valence-electron chi connectivity index (χ3n) is 3.38. The van der Waals surface area contributed by atoms with Crippen LogP contribution in [0.3, 0.4) is 0 Å². The van der Waals surface area contributed by atoms with Gasteiger partial charge in [0.15, 0.2) is 5.78 Å². The van der Waals surface area contributed by atoms with Crippen LogP contribution >= 0.6 is 15.9 Å². The summed E-state index contributed by atoms with van der Waals surface area (Å²) in [6.07, 6.45) is 3.96. The lowest BCUT2D eigenvalue weighted by molar-refractivity contribution is 0.101. The van der Waals surface area contributed by atoms with Crippen LogP contribution in [0.4, 0.5) is 0 Å². The molecule has 0 saturated carbocycles. The number of fused-ring (bicyclic) bond motifs is 1. The summed E-state index contributed by atoms with van der Waals surface area (Å²) in [7, 11) is 0.